The molecule has 0 amide bonds. The van der Waals surface area contributed by atoms with Gasteiger partial charge in [-0.25, -0.2) is 9.78 Å². The van der Waals surface area contributed by atoms with E-state index in [1.165, 1.54) is 28.8 Å². The van der Waals surface area contributed by atoms with Crippen LogP contribution in [-0.4, -0.2) is 27.0 Å². The highest BCUT2D eigenvalue weighted by molar-refractivity contribution is 5.85. The van der Waals surface area contributed by atoms with E-state index < -0.39 is 12.3 Å². The van der Waals surface area contributed by atoms with Crippen LogP contribution in [0.5, 0.6) is 5.75 Å². The van der Waals surface area contributed by atoms with Crippen molar-refractivity contribution in [2.75, 3.05) is 5.32 Å². The van der Waals surface area contributed by atoms with E-state index in [1.807, 2.05) is 0 Å². The van der Waals surface area contributed by atoms with Crippen molar-refractivity contribution >= 4 is 17.9 Å². The first kappa shape index (κ1) is 22.6. The van der Waals surface area contributed by atoms with E-state index in [9.17, 15) is 22.8 Å². The number of aliphatic carboxylic acids is 1. The highest BCUT2D eigenvalue weighted by atomic mass is 19.4. The number of nitrogens with zero attached hydrogens (tertiary/aromatic N) is 2. The summed E-state index contributed by atoms with van der Waals surface area (Å²) in [5, 5.41) is 11.8. The molecule has 7 nitrogen and oxygen atoms in total. The van der Waals surface area contributed by atoms with Gasteiger partial charge in [0.2, 0.25) is 0 Å². The maximum atomic E-state index is 12.4. The van der Waals surface area contributed by atoms with Gasteiger partial charge in [-0.15, -0.1) is 13.2 Å². The predicted molar refractivity (Wildman–Crippen MR) is 112 cm³/mol. The number of hydrogen-bond acceptors (Lipinski definition) is 5. The van der Waals surface area contributed by atoms with Crippen LogP contribution in [0.2, 0.25) is 0 Å². The first-order valence-electron chi connectivity index (χ1n) is 9.27. The van der Waals surface area contributed by atoms with Gasteiger partial charge in [0.15, 0.2) is 0 Å². The van der Waals surface area contributed by atoms with Crippen LogP contribution in [0.1, 0.15) is 11.1 Å². The molecule has 32 heavy (non-hydrogen) atoms. The van der Waals surface area contributed by atoms with Gasteiger partial charge in [-0.3, -0.25) is 4.79 Å². The van der Waals surface area contributed by atoms with E-state index in [0.29, 0.717) is 22.5 Å². The summed E-state index contributed by atoms with van der Waals surface area (Å²) in [6.45, 7) is 0.228. The summed E-state index contributed by atoms with van der Waals surface area (Å²) in [6.07, 6.45) is 0.537. The molecular formula is C22H18F3N3O4. The van der Waals surface area contributed by atoms with E-state index in [4.69, 9.17) is 5.11 Å². The Bertz CT molecular complexity index is 1200. The molecule has 3 rings (SSSR count). The molecule has 0 atom stereocenters. The molecule has 0 saturated carbocycles. The van der Waals surface area contributed by atoms with Crippen molar-refractivity contribution < 1.29 is 27.8 Å². The molecule has 10 heteroatoms. The number of aryl methyl sites for hydroxylation is 1. The zero-order chi connectivity index (χ0) is 23.3. The van der Waals surface area contributed by atoms with E-state index in [0.717, 1.165) is 6.08 Å². The van der Waals surface area contributed by atoms with E-state index >= 15 is 0 Å². The number of benzene rings is 1. The molecule has 0 unspecified atom stereocenters. The zero-order valence-corrected chi connectivity index (χ0v) is 16.8. The first-order chi connectivity index (χ1) is 15.1. The highest BCUT2D eigenvalue weighted by Gasteiger charge is 2.31. The fourth-order valence-electron chi connectivity index (χ4n) is 2.89. The van der Waals surface area contributed by atoms with Crippen molar-refractivity contribution in [3.63, 3.8) is 0 Å². The standard InChI is InChI=1S/C22H18F3N3O4/c1-28-13-17(10-15(21(28)31)6-8-20(29)30)16-5-7-19(27-12-16)26-11-14-3-2-4-18(9-14)32-22(23,24)25/h2-10,12-13H,11H2,1H3,(H,26,27)(H,29,30). The van der Waals surface area contributed by atoms with Crippen LogP contribution in [0, 0.1) is 0 Å². The molecular weight excluding hydrogens is 427 g/mol. The summed E-state index contributed by atoms with van der Waals surface area (Å²) in [5.41, 5.74) is 1.81. The van der Waals surface area contributed by atoms with Gasteiger partial charge in [0, 0.05) is 48.8 Å². The molecule has 0 aliphatic rings. The summed E-state index contributed by atoms with van der Waals surface area (Å²) in [4.78, 5) is 27.2. The quantitative estimate of drug-likeness (QED) is 0.533. The van der Waals surface area contributed by atoms with E-state index in [-0.39, 0.29) is 23.4 Å². The van der Waals surface area contributed by atoms with Crippen molar-refractivity contribution in [2.24, 2.45) is 7.05 Å². The number of aromatic nitrogens is 2. The van der Waals surface area contributed by atoms with Gasteiger partial charge in [0.05, 0.1) is 0 Å². The van der Waals surface area contributed by atoms with Crippen LogP contribution in [0.15, 0.2) is 65.7 Å². The number of halogens is 3. The number of pyridine rings is 2. The Morgan fingerprint density at radius 1 is 1.22 bits per heavy atom. The third kappa shape index (κ3) is 6.21. The Morgan fingerprint density at radius 2 is 2.00 bits per heavy atom. The van der Waals surface area contributed by atoms with E-state index in [1.54, 1.807) is 43.7 Å². The SMILES string of the molecule is Cn1cc(-c2ccc(NCc3cccc(OC(F)(F)F)c3)nc2)cc(C=CC(=O)O)c1=O. The summed E-state index contributed by atoms with van der Waals surface area (Å²) >= 11 is 0. The molecule has 0 fully saturated rings. The van der Waals surface area contributed by atoms with Crippen molar-refractivity contribution in [3.05, 3.63) is 82.4 Å². The van der Waals surface area contributed by atoms with Crippen LogP contribution >= 0.6 is 0 Å². The van der Waals surface area contributed by atoms with Crippen LogP contribution in [0.4, 0.5) is 19.0 Å². The third-order valence-corrected chi connectivity index (χ3v) is 4.32. The Labute approximate surface area is 180 Å². The summed E-state index contributed by atoms with van der Waals surface area (Å²) in [7, 11) is 1.56. The summed E-state index contributed by atoms with van der Waals surface area (Å²) < 4.78 is 42.3. The largest absolute Gasteiger partial charge is 0.573 e. The van der Waals surface area contributed by atoms with Crippen molar-refractivity contribution in [3.8, 4) is 16.9 Å². The normalized spacial score (nSPS) is 11.5. The fourth-order valence-corrected chi connectivity index (χ4v) is 2.89. The number of carboxylic acid groups (broad SMARTS) is 1. The maximum absolute atomic E-state index is 12.4. The van der Waals surface area contributed by atoms with Crippen molar-refractivity contribution in [1.29, 1.82) is 0 Å². The summed E-state index contributed by atoms with van der Waals surface area (Å²) in [5.74, 6) is -0.973. The lowest BCUT2D eigenvalue weighted by Crippen LogP contribution is -2.18. The fraction of sp³-hybridized carbons (Fsp3) is 0.136. The van der Waals surface area contributed by atoms with Gasteiger partial charge in [-0.2, -0.15) is 0 Å². The topological polar surface area (TPSA) is 93.4 Å². The lowest BCUT2D eigenvalue weighted by Gasteiger charge is -2.11. The van der Waals surface area contributed by atoms with Crippen LogP contribution in [0.3, 0.4) is 0 Å². The minimum absolute atomic E-state index is 0.218. The Hall–Kier alpha value is -4.08. The predicted octanol–water partition coefficient (Wildman–Crippen LogP) is 4.06. The molecule has 0 spiro atoms. The number of carbonyl (C=O) groups is 1. The van der Waals surface area contributed by atoms with Crippen LogP contribution in [0.25, 0.3) is 17.2 Å². The molecule has 166 valence electrons. The zero-order valence-electron chi connectivity index (χ0n) is 16.8. The molecule has 3 aromatic rings. The summed E-state index contributed by atoms with van der Waals surface area (Å²) in [6, 6.07) is 10.6. The average Bonchev–Trinajstić information content (AvgIpc) is 2.72. The molecule has 1 aromatic carbocycles. The lowest BCUT2D eigenvalue weighted by atomic mass is 10.1. The van der Waals surface area contributed by atoms with Gasteiger partial charge in [0.1, 0.15) is 11.6 Å². The number of anilines is 1. The Morgan fingerprint density at radius 3 is 2.66 bits per heavy atom. The molecule has 0 aliphatic heterocycles. The molecule has 0 aliphatic carbocycles. The number of carboxylic acids is 1. The highest BCUT2D eigenvalue weighted by Crippen LogP contribution is 2.24. The molecule has 2 heterocycles. The molecule has 0 radical (unpaired) electrons. The van der Waals surface area contributed by atoms with Gasteiger partial charge in [-0.05, 0) is 42.0 Å². The van der Waals surface area contributed by atoms with Gasteiger partial charge < -0.3 is 19.7 Å². The first-order valence-corrected chi connectivity index (χ1v) is 9.27. The molecule has 0 bridgehead atoms. The second-order valence-corrected chi connectivity index (χ2v) is 6.75. The molecule has 2 N–H and O–H groups in total. The van der Waals surface area contributed by atoms with Crippen molar-refractivity contribution in [1.82, 2.24) is 9.55 Å². The maximum Gasteiger partial charge on any atom is 0.573 e. The third-order valence-electron chi connectivity index (χ3n) is 4.32. The smallest absolute Gasteiger partial charge is 0.478 e. The van der Waals surface area contributed by atoms with Crippen molar-refractivity contribution in [2.45, 2.75) is 12.9 Å². The minimum atomic E-state index is -4.76. The number of hydrogen-bond donors (Lipinski definition) is 2. The second kappa shape index (κ2) is 9.38. The van der Waals surface area contributed by atoms with Gasteiger partial charge in [-0.1, -0.05) is 12.1 Å². The number of rotatable bonds is 7. The number of ether oxygens (including phenoxy) is 1. The van der Waals surface area contributed by atoms with Gasteiger partial charge in [0.25, 0.3) is 5.56 Å². The second-order valence-electron chi connectivity index (χ2n) is 6.75. The number of nitrogens with one attached hydrogen (secondary N) is 1. The Balaban J connectivity index is 1.73. The van der Waals surface area contributed by atoms with E-state index in [2.05, 4.69) is 15.0 Å². The monoisotopic (exact) mass is 445 g/mol. The average molecular weight is 445 g/mol. The minimum Gasteiger partial charge on any atom is -0.478 e. The molecule has 0 saturated heterocycles. The van der Waals surface area contributed by atoms with Gasteiger partial charge >= 0.3 is 12.3 Å². The van der Waals surface area contributed by atoms with Crippen LogP contribution in [-0.2, 0) is 18.4 Å². The lowest BCUT2D eigenvalue weighted by molar-refractivity contribution is -0.274. The Kier molecular flexibility index (Phi) is 6.62. The van der Waals surface area contributed by atoms with Crippen LogP contribution < -0.4 is 15.6 Å². The number of alkyl halides is 3. The molecule has 2 aromatic heterocycles.